The van der Waals surface area contributed by atoms with Gasteiger partial charge in [0, 0.05) is 5.69 Å². The Balaban J connectivity index is 3.29. The van der Waals surface area contributed by atoms with Crippen molar-refractivity contribution in [1.29, 1.82) is 0 Å². The van der Waals surface area contributed by atoms with E-state index in [9.17, 15) is 9.59 Å². The van der Waals surface area contributed by atoms with Crippen molar-refractivity contribution in [2.45, 2.75) is 59.7 Å². The second-order valence-electron chi connectivity index (χ2n) is 7.29. The van der Waals surface area contributed by atoms with E-state index in [0.29, 0.717) is 16.9 Å². The van der Waals surface area contributed by atoms with Crippen LogP contribution >= 0.6 is 0 Å². The maximum absolute atomic E-state index is 12.5. The molecule has 0 spiro atoms. The molecular formula is C17H26N2O4. The molecule has 0 bridgehead atoms. The first kappa shape index (κ1) is 18.8. The molecule has 0 saturated carbocycles. The zero-order valence-electron chi connectivity index (χ0n) is 14.9. The summed E-state index contributed by atoms with van der Waals surface area (Å²) in [6.07, 6.45) is -1.61. The predicted octanol–water partition coefficient (Wildman–Crippen LogP) is 4.25. The number of carbonyl (C=O) groups excluding carboxylic acids is 2. The van der Waals surface area contributed by atoms with Crippen molar-refractivity contribution in [3.8, 4) is 0 Å². The van der Waals surface area contributed by atoms with Crippen LogP contribution in [0.5, 0.6) is 0 Å². The highest BCUT2D eigenvalue weighted by Gasteiger charge is 2.33. The Hall–Kier alpha value is -2.24. The van der Waals surface area contributed by atoms with Crippen LogP contribution in [0.3, 0.4) is 0 Å². The fourth-order valence-electron chi connectivity index (χ4n) is 1.77. The van der Waals surface area contributed by atoms with Crippen molar-refractivity contribution in [2.24, 2.45) is 0 Å². The molecule has 0 aliphatic carbocycles. The number of rotatable bonds is 1. The van der Waals surface area contributed by atoms with E-state index >= 15 is 0 Å². The number of nitrogens with two attached hydrogens (primary N) is 1. The molecule has 128 valence electrons. The summed E-state index contributed by atoms with van der Waals surface area (Å²) in [5.74, 6) is 0. The molecule has 0 aromatic heterocycles. The van der Waals surface area contributed by atoms with Crippen LogP contribution in [0.4, 0.5) is 21.0 Å². The molecule has 0 radical (unpaired) electrons. The average molecular weight is 322 g/mol. The van der Waals surface area contributed by atoms with E-state index < -0.39 is 23.4 Å². The monoisotopic (exact) mass is 322 g/mol. The van der Waals surface area contributed by atoms with Gasteiger partial charge in [-0.3, -0.25) is 0 Å². The molecule has 23 heavy (non-hydrogen) atoms. The number of nitrogens with zero attached hydrogens (tertiary/aromatic N) is 1. The van der Waals surface area contributed by atoms with Gasteiger partial charge in [0.25, 0.3) is 0 Å². The van der Waals surface area contributed by atoms with Gasteiger partial charge in [0.2, 0.25) is 0 Å². The molecule has 0 heterocycles. The molecule has 0 atom stereocenters. The predicted molar refractivity (Wildman–Crippen MR) is 90.5 cm³/mol. The number of hydrogen-bond donors (Lipinski definition) is 1. The Morgan fingerprint density at radius 1 is 0.957 bits per heavy atom. The van der Waals surface area contributed by atoms with Crippen molar-refractivity contribution >= 4 is 23.6 Å². The first-order valence-electron chi connectivity index (χ1n) is 7.43. The molecule has 0 unspecified atom stereocenters. The van der Waals surface area contributed by atoms with E-state index in [0.717, 1.165) is 4.90 Å². The third-order valence-corrected chi connectivity index (χ3v) is 2.74. The third-order valence-electron chi connectivity index (χ3n) is 2.74. The molecule has 2 amide bonds. The summed E-state index contributed by atoms with van der Waals surface area (Å²) in [6.45, 7) is 12.1. The van der Waals surface area contributed by atoms with Crippen LogP contribution in [-0.4, -0.2) is 23.4 Å². The number of benzene rings is 1. The Kier molecular flexibility index (Phi) is 5.30. The second kappa shape index (κ2) is 6.48. The maximum Gasteiger partial charge on any atom is 0.424 e. The minimum Gasteiger partial charge on any atom is -0.443 e. The van der Waals surface area contributed by atoms with Crippen molar-refractivity contribution in [3.05, 3.63) is 23.8 Å². The van der Waals surface area contributed by atoms with Gasteiger partial charge >= 0.3 is 12.2 Å². The lowest BCUT2D eigenvalue weighted by molar-refractivity contribution is 0.0430. The molecule has 1 aromatic rings. The molecule has 0 aliphatic heterocycles. The van der Waals surface area contributed by atoms with E-state index in [2.05, 4.69) is 0 Å². The van der Waals surface area contributed by atoms with E-state index in [-0.39, 0.29) is 0 Å². The van der Waals surface area contributed by atoms with Gasteiger partial charge in [-0.15, -0.1) is 0 Å². The number of anilines is 2. The van der Waals surface area contributed by atoms with Crippen LogP contribution < -0.4 is 10.6 Å². The fraction of sp³-hybridized carbons (Fsp3) is 0.529. The molecule has 0 saturated heterocycles. The number of carbonyl (C=O) groups is 2. The first-order chi connectivity index (χ1) is 10.3. The summed E-state index contributed by atoms with van der Waals surface area (Å²) < 4.78 is 10.7. The lowest BCUT2D eigenvalue weighted by atomic mass is 10.1. The van der Waals surface area contributed by atoms with Crippen LogP contribution in [0.1, 0.15) is 47.1 Å². The second-order valence-corrected chi connectivity index (χ2v) is 7.29. The van der Waals surface area contributed by atoms with Gasteiger partial charge in [-0.1, -0.05) is 6.07 Å². The van der Waals surface area contributed by atoms with Crippen LogP contribution in [0.15, 0.2) is 18.2 Å². The highest BCUT2D eigenvalue weighted by molar-refractivity contribution is 6.10. The minimum atomic E-state index is -0.805. The minimum absolute atomic E-state index is 0.341. The van der Waals surface area contributed by atoms with Crippen LogP contribution in [0, 0.1) is 6.92 Å². The average Bonchev–Trinajstić information content (AvgIpc) is 2.30. The number of nitrogen functional groups attached to an aromatic ring is 1. The van der Waals surface area contributed by atoms with Crippen molar-refractivity contribution in [2.75, 3.05) is 10.6 Å². The van der Waals surface area contributed by atoms with Crippen LogP contribution in [-0.2, 0) is 9.47 Å². The largest absolute Gasteiger partial charge is 0.443 e. The summed E-state index contributed by atoms with van der Waals surface area (Å²) in [7, 11) is 0. The fourth-order valence-corrected chi connectivity index (χ4v) is 1.77. The summed E-state index contributed by atoms with van der Waals surface area (Å²) in [6, 6.07) is 4.99. The van der Waals surface area contributed by atoms with E-state index in [4.69, 9.17) is 15.2 Å². The van der Waals surface area contributed by atoms with Gasteiger partial charge in [0.05, 0.1) is 5.69 Å². The molecule has 2 N–H and O–H groups in total. The number of imide groups is 1. The lowest BCUT2D eigenvalue weighted by Crippen LogP contribution is -2.44. The van der Waals surface area contributed by atoms with Crippen LogP contribution in [0.25, 0.3) is 0 Å². The summed E-state index contributed by atoms with van der Waals surface area (Å²) in [4.78, 5) is 25.9. The Morgan fingerprint density at radius 3 is 1.78 bits per heavy atom. The van der Waals surface area contributed by atoms with Gasteiger partial charge in [0.1, 0.15) is 11.2 Å². The third kappa shape index (κ3) is 5.47. The zero-order valence-corrected chi connectivity index (χ0v) is 14.9. The van der Waals surface area contributed by atoms with Crippen molar-refractivity contribution < 1.29 is 19.1 Å². The number of amides is 2. The highest BCUT2D eigenvalue weighted by atomic mass is 16.6. The van der Waals surface area contributed by atoms with Gasteiger partial charge in [-0.2, -0.15) is 4.90 Å². The smallest absolute Gasteiger partial charge is 0.424 e. The zero-order chi connectivity index (χ0) is 18.0. The highest BCUT2D eigenvalue weighted by Crippen LogP contribution is 2.28. The van der Waals surface area contributed by atoms with Crippen molar-refractivity contribution in [3.63, 3.8) is 0 Å². The topological polar surface area (TPSA) is 81.9 Å². The standard InChI is InChI=1S/C17H26N2O4/c1-11-12(18)9-8-10-13(11)19(14(20)22-16(2,3)4)15(21)23-17(5,6)7/h8-10H,18H2,1-7H3. The molecule has 6 nitrogen and oxygen atoms in total. The lowest BCUT2D eigenvalue weighted by Gasteiger charge is -2.29. The van der Waals surface area contributed by atoms with E-state index in [1.807, 2.05) is 0 Å². The van der Waals surface area contributed by atoms with Gasteiger partial charge in [-0.25, -0.2) is 9.59 Å². The van der Waals surface area contributed by atoms with Crippen molar-refractivity contribution in [1.82, 2.24) is 0 Å². The quantitative estimate of drug-likeness (QED) is 0.781. The summed E-state index contributed by atoms with van der Waals surface area (Å²) in [5.41, 5.74) is 5.81. The van der Waals surface area contributed by atoms with Gasteiger partial charge in [0.15, 0.2) is 0 Å². The SMILES string of the molecule is Cc1c(N)cccc1N(C(=O)OC(C)(C)C)C(=O)OC(C)(C)C. The van der Waals surface area contributed by atoms with Gasteiger partial charge in [-0.05, 0) is 66.2 Å². The molecule has 0 fully saturated rings. The molecule has 1 rings (SSSR count). The number of hydrogen-bond acceptors (Lipinski definition) is 5. The van der Waals surface area contributed by atoms with Gasteiger partial charge < -0.3 is 15.2 Å². The van der Waals surface area contributed by atoms with E-state index in [1.54, 1.807) is 66.7 Å². The Bertz CT molecular complexity index is 570. The summed E-state index contributed by atoms with van der Waals surface area (Å²) >= 11 is 0. The first-order valence-corrected chi connectivity index (χ1v) is 7.43. The Labute approximate surface area is 137 Å². The van der Waals surface area contributed by atoms with E-state index in [1.165, 1.54) is 0 Å². The molecular weight excluding hydrogens is 296 g/mol. The molecule has 6 heteroatoms. The summed E-state index contributed by atoms with van der Waals surface area (Å²) in [5, 5.41) is 0. The normalized spacial score (nSPS) is 11.8. The Morgan fingerprint density at radius 2 is 1.39 bits per heavy atom. The van der Waals surface area contributed by atoms with Crippen LogP contribution in [0.2, 0.25) is 0 Å². The molecule has 0 aliphatic rings. The maximum atomic E-state index is 12.5. The number of ether oxygens (including phenoxy) is 2. The molecule has 1 aromatic carbocycles.